The summed E-state index contributed by atoms with van der Waals surface area (Å²) in [6.45, 7) is 0. The second-order valence-electron chi connectivity index (χ2n) is 0. The Kier molecular flexibility index (Phi) is 1010. The van der Waals surface area contributed by atoms with E-state index in [9.17, 15) is 0 Å². The molecule has 0 fully saturated rings. The van der Waals surface area contributed by atoms with Gasteiger partial charge >= 0.3 is 19.5 Å². The predicted molar refractivity (Wildman–Crippen MR) is 34.2 cm³/mol. The summed E-state index contributed by atoms with van der Waals surface area (Å²) in [6, 6.07) is 0. The molecule has 0 bridgehead atoms. The minimum atomic E-state index is 0. The van der Waals surface area contributed by atoms with Crippen LogP contribution in [-0.2, 0) is 19.5 Å². The molecular weight excluding hydrogens is 191 g/mol. The number of hydrogen-bond acceptors (Lipinski definition) is 0. The van der Waals surface area contributed by atoms with E-state index < -0.39 is 0 Å². The summed E-state index contributed by atoms with van der Waals surface area (Å²) in [4.78, 5) is 0. The zero-order valence-corrected chi connectivity index (χ0v) is 7.63. The first-order valence-electron chi connectivity index (χ1n) is 0. The molecule has 0 spiro atoms. The molecule has 0 rings (SSSR count). The predicted octanol–water partition coefficient (Wildman–Crippen LogP) is 1.28. The van der Waals surface area contributed by atoms with E-state index in [-0.39, 0.29) is 51.6 Å². The SMILES string of the molecule is P.P.[NH2-].[NH2-].[RuH+2]. The van der Waals surface area contributed by atoms with E-state index in [1.807, 2.05) is 0 Å². The van der Waals surface area contributed by atoms with Crippen molar-refractivity contribution < 1.29 is 19.5 Å². The summed E-state index contributed by atoms with van der Waals surface area (Å²) in [5, 5.41) is 0. The van der Waals surface area contributed by atoms with Crippen LogP contribution in [0.1, 0.15) is 0 Å². The first-order valence-corrected chi connectivity index (χ1v) is 0. The Morgan fingerprint density at radius 1 is 0.600 bits per heavy atom. The molecule has 0 heterocycles. The van der Waals surface area contributed by atoms with E-state index in [1.54, 1.807) is 0 Å². The summed E-state index contributed by atoms with van der Waals surface area (Å²) in [5.74, 6) is 0. The molecule has 0 aromatic rings. The van der Waals surface area contributed by atoms with Gasteiger partial charge in [0.25, 0.3) is 0 Å². The van der Waals surface area contributed by atoms with Crippen molar-refractivity contribution in [2.24, 2.45) is 0 Å². The van der Waals surface area contributed by atoms with Gasteiger partial charge in [-0.05, 0) is 0 Å². The van der Waals surface area contributed by atoms with Crippen LogP contribution in [0, 0.1) is 0 Å². The molecule has 0 saturated carbocycles. The molecule has 4 N–H and O–H groups in total. The Morgan fingerprint density at radius 2 is 0.600 bits per heavy atom. The van der Waals surface area contributed by atoms with Gasteiger partial charge in [-0.1, -0.05) is 0 Å². The number of nitrogens with two attached hydrogens (primary N) is 2. The van der Waals surface area contributed by atoms with Crippen molar-refractivity contribution >= 4 is 19.8 Å². The fraction of sp³-hybridized carbons (Fsp3) is 0. The molecule has 0 aliphatic carbocycles. The molecule has 0 aromatic carbocycles. The van der Waals surface area contributed by atoms with Crippen molar-refractivity contribution in [3.8, 4) is 0 Å². The van der Waals surface area contributed by atoms with Crippen LogP contribution >= 0.6 is 19.8 Å². The molecule has 2 atom stereocenters. The Labute approximate surface area is 52.0 Å². The topological polar surface area (TPSA) is 67.0 Å². The summed E-state index contributed by atoms with van der Waals surface area (Å²) in [6.07, 6.45) is 0. The van der Waals surface area contributed by atoms with Gasteiger partial charge in [-0.25, -0.2) is 0 Å². The van der Waals surface area contributed by atoms with E-state index in [2.05, 4.69) is 0 Å². The second-order valence-corrected chi connectivity index (χ2v) is 0. The van der Waals surface area contributed by atoms with Crippen LogP contribution in [0.25, 0.3) is 12.3 Å². The first kappa shape index (κ1) is 94.9. The molecule has 0 aliphatic rings. The number of rotatable bonds is 0. The molecule has 0 aromatic heterocycles. The van der Waals surface area contributed by atoms with Gasteiger partial charge in [0.2, 0.25) is 0 Å². The molecule has 0 radical (unpaired) electrons. The quantitative estimate of drug-likeness (QED) is 0.419. The van der Waals surface area contributed by atoms with Crippen LogP contribution in [0.5, 0.6) is 0 Å². The normalized spacial score (nSPS) is 0. The monoisotopic (exact) mass is 203 g/mol. The maximum absolute atomic E-state index is 0. The van der Waals surface area contributed by atoms with E-state index in [4.69, 9.17) is 0 Å². The summed E-state index contributed by atoms with van der Waals surface area (Å²) in [5.41, 5.74) is 0. The molecule has 39 valence electrons. The van der Waals surface area contributed by atoms with E-state index in [0.717, 1.165) is 0 Å². The Hall–Kier alpha value is 1.40. The molecule has 2 nitrogen and oxygen atoms in total. The van der Waals surface area contributed by atoms with Gasteiger partial charge in [0, 0.05) is 0 Å². The Bertz CT molecular complexity index is 7.61. The summed E-state index contributed by atoms with van der Waals surface area (Å²) >= 11 is 0. The van der Waals surface area contributed by atoms with E-state index in [0.29, 0.717) is 0 Å². The van der Waals surface area contributed by atoms with Gasteiger partial charge in [0.1, 0.15) is 0 Å². The fourth-order valence-corrected chi connectivity index (χ4v) is 0. The zero-order valence-electron chi connectivity index (χ0n) is 2.95. The average Bonchev–Trinajstić information content (AvgIpc) is 0. The van der Waals surface area contributed by atoms with Crippen molar-refractivity contribution in [2.45, 2.75) is 0 Å². The summed E-state index contributed by atoms with van der Waals surface area (Å²) in [7, 11) is 0. The zero-order chi connectivity index (χ0) is 0. The van der Waals surface area contributed by atoms with Crippen LogP contribution in [0.15, 0.2) is 0 Å². The van der Waals surface area contributed by atoms with Gasteiger partial charge in [-0.3, -0.25) is 0 Å². The van der Waals surface area contributed by atoms with E-state index in [1.165, 1.54) is 0 Å². The molecule has 0 saturated heterocycles. The van der Waals surface area contributed by atoms with E-state index >= 15 is 0 Å². The fourth-order valence-electron chi connectivity index (χ4n) is 0. The molecule has 5 heavy (non-hydrogen) atoms. The standard InChI is InChI=1S/2H2N.2H3P.Ru.H/h2*1H2;2*1H3;;/q2*-1;;;+2;. The van der Waals surface area contributed by atoms with Crippen molar-refractivity contribution in [3.05, 3.63) is 12.3 Å². The van der Waals surface area contributed by atoms with Crippen LogP contribution < -0.4 is 0 Å². The van der Waals surface area contributed by atoms with Crippen molar-refractivity contribution in [2.75, 3.05) is 0 Å². The summed E-state index contributed by atoms with van der Waals surface area (Å²) < 4.78 is 0. The third kappa shape index (κ3) is 31.8. The maximum atomic E-state index is 0. The minimum absolute atomic E-state index is 0. The van der Waals surface area contributed by atoms with Gasteiger partial charge < -0.3 is 12.3 Å². The van der Waals surface area contributed by atoms with Crippen LogP contribution in [0.4, 0.5) is 0 Å². The molecule has 0 aliphatic heterocycles. The third-order valence-corrected chi connectivity index (χ3v) is 0. The molecular formula is H11N2P2Ru. The Morgan fingerprint density at radius 3 is 0.600 bits per heavy atom. The van der Waals surface area contributed by atoms with Crippen LogP contribution in [-0.4, -0.2) is 0 Å². The second kappa shape index (κ2) is 53.2. The Balaban J connectivity index is 0. The third-order valence-electron chi connectivity index (χ3n) is 0. The molecule has 2 unspecified atom stereocenters. The molecule has 5 heteroatoms. The van der Waals surface area contributed by atoms with Gasteiger partial charge in [0.15, 0.2) is 0 Å². The van der Waals surface area contributed by atoms with Gasteiger partial charge in [0.05, 0.1) is 0 Å². The molecule has 0 amide bonds. The van der Waals surface area contributed by atoms with Gasteiger partial charge in [-0.2, -0.15) is 19.8 Å². The van der Waals surface area contributed by atoms with Crippen LogP contribution in [0.2, 0.25) is 0 Å². The van der Waals surface area contributed by atoms with Crippen molar-refractivity contribution in [1.82, 2.24) is 0 Å². The number of hydrogen-bond donors (Lipinski definition) is 0. The van der Waals surface area contributed by atoms with Crippen molar-refractivity contribution in [3.63, 3.8) is 0 Å². The van der Waals surface area contributed by atoms with Crippen molar-refractivity contribution in [1.29, 1.82) is 0 Å². The van der Waals surface area contributed by atoms with Gasteiger partial charge in [-0.15, -0.1) is 0 Å². The van der Waals surface area contributed by atoms with Crippen LogP contribution in [0.3, 0.4) is 0 Å². The first-order chi connectivity index (χ1) is 0. The average molecular weight is 202 g/mol.